The van der Waals surface area contributed by atoms with Gasteiger partial charge in [-0.05, 0) is 73.8 Å². The second kappa shape index (κ2) is 13.2. The van der Waals surface area contributed by atoms with E-state index in [1.807, 2.05) is 49.5 Å². The highest BCUT2D eigenvalue weighted by Gasteiger charge is 2.21. The Morgan fingerprint density at radius 2 is 1.49 bits per heavy atom. The van der Waals surface area contributed by atoms with Crippen molar-refractivity contribution in [1.29, 1.82) is 0 Å². The molecular weight excluding hydrogens is 496 g/mol. The number of pyridine rings is 1. The Bertz CT molecular complexity index is 1270. The zero-order valence-electron chi connectivity index (χ0n) is 22.6. The minimum atomic E-state index is -0.240. The van der Waals surface area contributed by atoms with Crippen LogP contribution >= 0.6 is 0 Å². The molecule has 0 N–H and O–H groups in total. The third kappa shape index (κ3) is 7.06. The van der Waals surface area contributed by atoms with Gasteiger partial charge in [0, 0.05) is 51.4 Å². The Hall–Kier alpha value is -3.20. The summed E-state index contributed by atoms with van der Waals surface area (Å²) >= 11 is 0. The smallest absolute Gasteiger partial charge is 0.160 e. The number of hydrogen-bond donors (Lipinski definition) is 0. The fraction of sp³-hybridized carbons (Fsp3) is 0.419. The van der Waals surface area contributed by atoms with E-state index in [1.165, 1.54) is 24.3 Å². The fourth-order valence-corrected chi connectivity index (χ4v) is 5.47. The predicted molar refractivity (Wildman–Crippen MR) is 150 cm³/mol. The van der Waals surface area contributed by atoms with Gasteiger partial charge >= 0.3 is 0 Å². The molecule has 206 valence electrons. The largest absolute Gasteiger partial charge is 0.380 e. The molecular formula is C31H37F2N5O. The van der Waals surface area contributed by atoms with Crippen molar-refractivity contribution in [3.8, 4) is 0 Å². The van der Waals surface area contributed by atoms with Gasteiger partial charge in [-0.3, -0.25) is 4.90 Å². The van der Waals surface area contributed by atoms with Crippen molar-refractivity contribution in [2.24, 2.45) is 0 Å². The van der Waals surface area contributed by atoms with E-state index in [9.17, 15) is 8.78 Å². The van der Waals surface area contributed by atoms with Crippen LogP contribution in [-0.2, 0) is 17.8 Å². The Labute approximate surface area is 229 Å². The maximum Gasteiger partial charge on any atom is 0.160 e. The number of benzene rings is 2. The van der Waals surface area contributed by atoms with Gasteiger partial charge in [-0.25, -0.2) is 18.7 Å². The molecule has 0 saturated carbocycles. The lowest BCUT2D eigenvalue weighted by molar-refractivity contribution is 0.119. The summed E-state index contributed by atoms with van der Waals surface area (Å²) in [5.41, 5.74) is 3.98. The van der Waals surface area contributed by atoms with E-state index in [2.05, 4.69) is 19.4 Å². The number of halogens is 2. The number of nitrogens with zero attached hydrogens (tertiary/aromatic N) is 5. The van der Waals surface area contributed by atoms with Gasteiger partial charge in [0.15, 0.2) is 5.65 Å². The number of fused-ring (bicyclic) bond motifs is 1. The lowest BCUT2D eigenvalue weighted by Crippen LogP contribution is -2.46. The van der Waals surface area contributed by atoms with Crippen molar-refractivity contribution in [3.05, 3.63) is 95.4 Å². The van der Waals surface area contributed by atoms with Gasteiger partial charge < -0.3 is 14.2 Å². The molecule has 0 spiro atoms. The highest BCUT2D eigenvalue weighted by Crippen LogP contribution is 2.30. The molecule has 3 heterocycles. The summed E-state index contributed by atoms with van der Waals surface area (Å²) in [5, 5.41) is 0. The number of rotatable bonds is 12. The highest BCUT2D eigenvalue weighted by atomic mass is 19.1. The maximum atomic E-state index is 13.5. The molecule has 1 saturated heterocycles. The normalized spacial score (nSPS) is 15.0. The van der Waals surface area contributed by atoms with Gasteiger partial charge in [0.05, 0.1) is 13.2 Å². The molecule has 2 aromatic carbocycles. The Kier molecular flexibility index (Phi) is 9.29. The number of aromatic nitrogens is 3. The first kappa shape index (κ1) is 27.4. The van der Waals surface area contributed by atoms with Crippen LogP contribution < -0.4 is 0 Å². The molecule has 0 radical (unpaired) electrons. The summed E-state index contributed by atoms with van der Waals surface area (Å²) in [4.78, 5) is 14.4. The molecule has 0 atom stereocenters. The van der Waals surface area contributed by atoms with Crippen LogP contribution in [0.3, 0.4) is 0 Å². The van der Waals surface area contributed by atoms with Crippen molar-refractivity contribution in [3.63, 3.8) is 0 Å². The quantitative estimate of drug-likeness (QED) is 0.226. The Balaban J connectivity index is 1.15. The average Bonchev–Trinajstić information content (AvgIpc) is 3.30. The molecule has 39 heavy (non-hydrogen) atoms. The van der Waals surface area contributed by atoms with Crippen LogP contribution in [0.5, 0.6) is 0 Å². The lowest BCUT2D eigenvalue weighted by Gasteiger charge is -2.34. The summed E-state index contributed by atoms with van der Waals surface area (Å²) in [6.07, 6.45) is 3.76. The van der Waals surface area contributed by atoms with Crippen molar-refractivity contribution in [2.45, 2.75) is 38.8 Å². The van der Waals surface area contributed by atoms with E-state index in [1.54, 1.807) is 0 Å². The highest BCUT2D eigenvalue weighted by molar-refractivity contribution is 5.71. The first-order valence-electron chi connectivity index (χ1n) is 13.9. The summed E-state index contributed by atoms with van der Waals surface area (Å²) in [6.45, 7) is 9.91. The maximum absolute atomic E-state index is 13.5. The van der Waals surface area contributed by atoms with Crippen molar-refractivity contribution in [1.82, 2.24) is 24.3 Å². The van der Waals surface area contributed by atoms with E-state index in [0.717, 1.165) is 86.8 Å². The zero-order valence-corrected chi connectivity index (χ0v) is 22.6. The first-order valence-corrected chi connectivity index (χ1v) is 13.9. The number of hydrogen-bond acceptors (Lipinski definition) is 5. The summed E-state index contributed by atoms with van der Waals surface area (Å²) in [6, 6.07) is 17.4. The van der Waals surface area contributed by atoms with Crippen LogP contribution in [0.1, 0.15) is 42.6 Å². The second-order valence-electron chi connectivity index (χ2n) is 10.1. The third-order valence-electron chi connectivity index (χ3n) is 7.59. The van der Waals surface area contributed by atoms with Gasteiger partial charge in [-0.15, -0.1) is 0 Å². The van der Waals surface area contributed by atoms with Crippen LogP contribution in [-0.4, -0.2) is 70.3 Å². The van der Waals surface area contributed by atoms with E-state index >= 15 is 0 Å². The molecule has 1 aliphatic heterocycles. The monoisotopic (exact) mass is 533 g/mol. The molecule has 0 amide bonds. The molecule has 6 nitrogen and oxygen atoms in total. The van der Waals surface area contributed by atoms with Gasteiger partial charge in [-0.1, -0.05) is 24.3 Å². The topological polar surface area (TPSA) is 46.4 Å². The molecule has 0 bridgehead atoms. The SMILES string of the molecule is CCOCCn1c(CN2CCN(CCCC(c3ccc(F)cc3)c3ccc(F)cc3)CC2)nc2cccnc21. The Morgan fingerprint density at radius 3 is 2.13 bits per heavy atom. The molecule has 8 heteroatoms. The van der Waals surface area contributed by atoms with E-state index in [0.29, 0.717) is 13.2 Å². The van der Waals surface area contributed by atoms with E-state index < -0.39 is 0 Å². The van der Waals surface area contributed by atoms with Gasteiger partial charge in [-0.2, -0.15) is 0 Å². The molecule has 4 aromatic rings. The summed E-state index contributed by atoms with van der Waals surface area (Å²) < 4.78 is 34.9. The lowest BCUT2D eigenvalue weighted by atomic mass is 9.87. The molecule has 0 aliphatic carbocycles. The van der Waals surface area contributed by atoms with Gasteiger partial charge in [0.1, 0.15) is 23.0 Å². The minimum absolute atomic E-state index is 0.116. The summed E-state index contributed by atoms with van der Waals surface area (Å²) in [5.74, 6) is 0.676. The summed E-state index contributed by atoms with van der Waals surface area (Å²) in [7, 11) is 0. The number of ether oxygens (including phenoxy) is 1. The van der Waals surface area contributed by atoms with Crippen molar-refractivity contribution >= 4 is 11.2 Å². The van der Waals surface area contributed by atoms with Crippen molar-refractivity contribution < 1.29 is 13.5 Å². The standard InChI is InChI=1S/C31H37F2N5O/c1-2-39-22-21-38-30(35-29-6-3-15-34-31(29)38)23-37-19-17-36(18-20-37)16-4-5-28(24-7-11-26(32)12-8-24)25-9-13-27(33)14-10-25/h3,6-15,28H,2,4-5,16-23H2,1H3. The molecule has 5 rings (SSSR count). The minimum Gasteiger partial charge on any atom is -0.380 e. The van der Waals surface area contributed by atoms with Crippen LogP contribution in [0.2, 0.25) is 0 Å². The number of imidazole rings is 1. The van der Waals surface area contributed by atoms with Crippen LogP contribution in [0.15, 0.2) is 66.9 Å². The molecule has 1 aliphatic rings. The zero-order chi connectivity index (χ0) is 27.0. The third-order valence-corrected chi connectivity index (χ3v) is 7.59. The molecule has 2 aromatic heterocycles. The van der Waals surface area contributed by atoms with Gasteiger partial charge in [0.2, 0.25) is 0 Å². The van der Waals surface area contributed by atoms with E-state index in [-0.39, 0.29) is 17.6 Å². The number of piperazine rings is 1. The first-order chi connectivity index (χ1) is 19.1. The second-order valence-corrected chi connectivity index (χ2v) is 10.1. The van der Waals surface area contributed by atoms with Crippen LogP contribution in [0.25, 0.3) is 11.2 Å². The van der Waals surface area contributed by atoms with Gasteiger partial charge in [0.25, 0.3) is 0 Å². The molecule has 0 unspecified atom stereocenters. The molecule has 1 fully saturated rings. The fourth-order valence-electron chi connectivity index (χ4n) is 5.47. The van der Waals surface area contributed by atoms with Crippen LogP contribution in [0, 0.1) is 11.6 Å². The van der Waals surface area contributed by atoms with Crippen LogP contribution in [0.4, 0.5) is 8.78 Å². The Morgan fingerprint density at radius 1 is 0.846 bits per heavy atom. The van der Waals surface area contributed by atoms with E-state index in [4.69, 9.17) is 9.72 Å². The van der Waals surface area contributed by atoms with Crippen molar-refractivity contribution in [2.75, 3.05) is 45.9 Å². The average molecular weight is 534 g/mol. The predicted octanol–water partition coefficient (Wildman–Crippen LogP) is 5.48.